The summed E-state index contributed by atoms with van der Waals surface area (Å²) in [6.07, 6.45) is 1.57. The van der Waals surface area contributed by atoms with Crippen molar-refractivity contribution in [3.05, 3.63) is 53.5 Å². The molecule has 0 unspecified atom stereocenters. The summed E-state index contributed by atoms with van der Waals surface area (Å²) in [5.41, 5.74) is 1.39. The van der Waals surface area contributed by atoms with Crippen molar-refractivity contribution in [2.75, 3.05) is 14.2 Å². The Morgan fingerprint density at radius 3 is 2.80 bits per heavy atom. The number of carbonyl (C=O) groups excluding carboxylic acids is 1. The van der Waals surface area contributed by atoms with E-state index in [-0.39, 0.29) is 5.91 Å². The SMILES string of the molecule is COCc1cc(C(=O)NCc2ccco2)ccc1OC. The van der Waals surface area contributed by atoms with Crippen molar-refractivity contribution in [1.82, 2.24) is 5.32 Å². The lowest BCUT2D eigenvalue weighted by Crippen LogP contribution is -2.22. The standard InChI is InChI=1S/C15H17NO4/c1-18-10-12-8-11(5-6-14(12)19-2)15(17)16-9-13-4-3-7-20-13/h3-8H,9-10H2,1-2H3,(H,16,17). The minimum atomic E-state index is -0.165. The summed E-state index contributed by atoms with van der Waals surface area (Å²) in [7, 11) is 3.19. The van der Waals surface area contributed by atoms with E-state index in [0.29, 0.717) is 30.2 Å². The Morgan fingerprint density at radius 2 is 2.15 bits per heavy atom. The zero-order valence-corrected chi connectivity index (χ0v) is 11.5. The molecular formula is C15H17NO4. The van der Waals surface area contributed by atoms with Crippen LogP contribution in [0.3, 0.4) is 0 Å². The molecule has 1 aromatic carbocycles. The molecule has 0 atom stereocenters. The van der Waals surface area contributed by atoms with Gasteiger partial charge in [0.05, 0.1) is 26.5 Å². The Morgan fingerprint density at radius 1 is 1.30 bits per heavy atom. The lowest BCUT2D eigenvalue weighted by atomic mass is 10.1. The second-order valence-electron chi connectivity index (χ2n) is 4.22. The number of hydrogen-bond acceptors (Lipinski definition) is 4. The van der Waals surface area contributed by atoms with Gasteiger partial charge in [0.25, 0.3) is 5.91 Å². The van der Waals surface area contributed by atoms with E-state index in [9.17, 15) is 4.79 Å². The fourth-order valence-electron chi connectivity index (χ4n) is 1.87. The average Bonchev–Trinajstić information content (AvgIpc) is 2.98. The summed E-state index contributed by atoms with van der Waals surface area (Å²) in [6.45, 7) is 0.750. The van der Waals surface area contributed by atoms with Crippen LogP contribution in [0.1, 0.15) is 21.7 Å². The van der Waals surface area contributed by atoms with Gasteiger partial charge >= 0.3 is 0 Å². The predicted octanol–water partition coefficient (Wildman–Crippen LogP) is 2.36. The quantitative estimate of drug-likeness (QED) is 0.879. The summed E-state index contributed by atoms with van der Waals surface area (Å²) in [5, 5.41) is 2.79. The molecule has 0 saturated carbocycles. The third kappa shape index (κ3) is 3.39. The second kappa shape index (κ2) is 6.77. The molecule has 0 aliphatic carbocycles. The number of rotatable bonds is 6. The first-order valence-corrected chi connectivity index (χ1v) is 6.21. The first-order valence-electron chi connectivity index (χ1n) is 6.21. The predicted molar refractivity (Wildman–Crippen MR) is 73.6 cm³/mol. The van der Waals surface area contributed by atoms with E-state index in [2.05, 4.69) is 5.32 Å². The van der Waals surface area contributed by atoms with E-state index in [1.165, 1.54) is 0 Å². The molecule has 0 fully saturated rings. The largest absolute Gasteiger partial charge is 0.496 e. The molecule has 20 heavy (non-hydrogen) atoms. The van der Waals surface area contributed by atoms with Gasteiger partial charge in [-0.3, -0.25) is 4.79 Å². The van der Waals surface area contributed by atoms with E-state index in [1.807, 2.05) is 6.07 Å². The zero-order valence-electron chi connectivity index (χ0n) is 11.5. The maximum Gasteiger partial charge on any atom is 0.251 e. The zero-order chi connectivity index (χ0) is 14.4. The van der Waals surface area contributed by atoms with Crippen molar-refractivity contribution < 1.29 is 18.7 Å². The van der Waals surface area contributed by atoms with Crippen LogP contribution in [0.2, 0.25) is 0 Å². The summed E-state index contributed by atoms with van der Waals surface area (Å²) < 4.78 is 15.5. The number of benzene rings is 1. The topological polar surface area (TPSA) is 60.7 Å². The van der Waals surface area contributed by atoms with Crippen LogP contribution in [0, 0.1) is 0 Å². The molecule has 5 nitrogen and oxygen atoms in total. The molecule has 5 heteroatoms. The monoisotopic (exact) mass is 275 g/mol. The Balaban J connectivity index is 2.07. The average molecular weight is 275 g/mol. The van der Waals surface area contributed by atoms with Crippen molar-refractivity contribution >= 4 is 5.91 Å². The molecule has 2 aromatic rings. The molecule has 0 saturated heterocycles. The number of hydrogen-bond donors (Lipinski definition) is 1. The van der Waals surface area contributed by atoms with Crippen molar-refractivity contribution in [3.8, 4) is 5.75 Å². The Labute approximate surface area is 117 Å². The molecule has 2 rings (SSSR count). The van der Waals surface area contributed by atoms with Gasteiger partial charge in [-0.25, -0.2) is 0 Å². The van der Waals surface area contributed by atoms with Crippen LogP contribution in [-0.4, -0.2) is 20.1 Å². The summed E-state index contributed by atoms with van der Waals surface area (Å²) in [4.78, 5) is 12.1. The molecule has 1 amide bonds. The molecule has 0 aliphatic heterocycles. The van der Waals surface area contributed by atoms with Gasteiger partial charge < -0.3 is 19.2 Å². The lowest BCUT2D eigenvalue weighted by Gasteiger charge is -2.10. The molecular weight excluding hydrogens is 258 g/mol. The number of carbonyl (C=O) groups is 1. The third-order valence-electron chi connectivity index (χ3n) is 2.85. The van der Waals surface area contributed by atoms with Crippen LogP contribution in [-0.2, 0) is 17.9 Å². The first-order chi connectivity index (χ1) is 9.74. The van der Waals surface area contributed by atoms with Gasteiger partial charge in [-0.05, 0) is 30.3 Å². The molecule has 0 spiro atoms. The summed E-state index contributed by atoms with van der Waals surface area (Å²) in [6, 6.07) is 8.83. The van der Waals surface area contributed by atoms with E-state index in [0.717, 1.165) is 5.56 Å². The van der Waals surface area contributed by atoms with Crippen LogP contribution in [0.4, 0.5) is 0 Å². The van der Waals surface area contributed by atoms with Crippen molar-refractivity contribution in [3.63, 3.8) is 0 Å². The molecule has 1 heterocycles. The van der Waals surface area contributed by atoms with Crippen molar-refractivity contribution in [1.29, 1.82) is 0 Å². The van der Waals surface area contributed by atoms with Crippen LogP contribution in [0.25, 0.3) is 0 Å². The Hall–Kier alpha value is -2.27. The molecule has 0 aliphatic rings. The fraction of sp³-hybridized carbons (Fsp3) is 0.267. The smallest absolute Gasteiger partial charge is 0.251 e. The number of methoxy groups -OCH3 is 2. The van der Waals surface area contributed by atoms with Crippen molar-refractivity contribution in [2.45, 2.75) is 13.2 Å². The second-order valence-corrected chi connectivity index (χ2v) is 4.22. The third-order valence-corrected chi connectivity index (χ3v) is 2.85. The minimum absolute atomic E-state index is 0.165. The number of ether oxygens (including phenoxy) is 2. The van der Waals surface area contributed by atoms with Gasteiger partial charge in [-0.2, -0.15) is 0 Å². The summed E-state index contributed by atoms with van der Waals surface area (Å²) in [5.74, 6) is 1.25. The maximum absolute atomic E-state index is 12.1. The van der Waals surface area contributed by atoms with Gasteiger partial charge in [0.15, 0.2) is 0 Å². The van der Waals surface area contributed by atoms with Crippen LogP contribution < -0.4 is 10.1 Å². The number of nitrogens with one attached hydrogen (secondary N) is 1. The minimum Gasteiger partial charge on any atom is -0.496 e. The normalized spacial score (nSPS) is 10.3. The summed E-state index contributed by atoms with van der Waals surface area (Å²) >= 11 is 0. The van der Waals surface area contributed by atoms with Gasteiger partial charge in [0.2, 0.25) is 0 Å². The Kier molecular flexibility index (Phi) is 4.79. The van der Waals surface area contributed by atoms with Gasteiger partial charge in [-0.15, -0.1) is 0 Å². The molecule has 106 valence electrons. The fourth-order valence-corrected chi connectivity index (χ4v) is 1.87. The van der Waals surface area contributed by atoms with Crippen LogP contribution in [0.5, 0.6) is 5.75 Å². The highest BCUT2D eigenvalue weighted by Gasteiger charge is 2.10. The highest BCUT2D eigenvalue weighted by molar-refractivity contribution is 5.94. The lowest BCUT2D eigenvalue weighted by molar-refractivity contribution is 0.0947. The highest BCUT2D eigenvalue weighted by Crippen LogP contribution is 2.20. The van der Waals surface area contributed by atoms with E-state index >= 15 is 0 Å². The van der Waals surface area contributed by atoms with Crippen molar-refractivity contribution in [2.24, 2.45) is 0 Å². The number of furan rings is 1. The highest BCUT2D eigenvalue weighted by atomic mass is 16.5. The van der Waals surface area contributed by atoms with E-state index in [4.69, 9.17) is 13.9 Å². The van der Waals surface area contributed by atoms with E-state index in [1.54, 1.807) is 44.7 Å². The maximum atomic E-state index is 12.1. The molecule has 1 aromatic heterocycles. The number of amides is 1. The van der Waals surface area contributed by atoms with Gasteiger partial charge in [0.1, 0.15) is 11.5 Å². The molecule has 1 N–H and O–H groups in total. The van der Waals surface area contributed by atoms with Gasteiger partial charge in [0, 0.05) is 18.2 Å². The Bertz CT molecular complexity index is 563. The molecule has 0 bridgehead atoms. The van der Waals surface area contributed by atoms with Crippen LogP contribution >= 0.6 is 0 Å². The first kappa shape index (κ1) is 14.1. The van der Waals surface area contributed by atoms with E-state index < -0.39 is 0 Å². The molecule has 0 radical (unpaired) electrons. The van der Waals surface area contributed by atoms with Gasteiger partial charge in [-0.1, -0.05) is 0 Å². The van der Waals surface area contributed by atoms with Crippen LogP contribution in [0.15, 0.2) is 41.0 Å².